The Morgan fingerprint density at radius 1 is 1.36 bits per heavy atom. The van der Waals surface area contributed by atoms with Crippen molar-refractivity contribution in [2.75, 3.05) is 18.9 Å². The molecule has 1 aliphatic heterocycles. The van der Waals surface area contributed by atoms with Gasteiger partial charge >= 0.3 is 6.64 Å². The van der Waals surface area contributed by atoms with Crippen molar-refractivity contribution in [3.05, 3.63) is 47.0 Å². The molecule has 2 fully saturated rings. The third-order valence-corrected chi connectivity index (χ3v) is 9.86. The molecule has 226 valence electrons. The molecule has 5 rings (SSSR count). The van der Waals surface area contributed by atoms with Crippen molar-refractivity contribution in [2.24, 2.45) is 0 Å². The van der Waals surface area contributed by atoms with Crippen molar-refractivity contribution in [3.8, 4) is 18.1 Å². The summed E-state index contributed by atoms with van der Waals surface area (Å²) in [5.74, 6) is 2.56. The van der Waals surface area contributed by atoms with Crippen LogP contribution in [0, 0.1) is 12.3 Å². The van der Waals surface area contributed by atoms with Gasteiger partial charge in [-0.25, -0.2) is 10.1 Å². The van der Waals surface area contributed by atoms with Crippen molar-refractivity contribution in [2.45, 2.75) is 75.2 Å². The lowest BCUT2D eigenvalue weighted by Crippen LogP contribution is -2.46. The van der Waals surface area contributed by atoms with Gasteiger partial charge in [-0.05, 0) is 43.7 Å². The Labute approximate surface area is 248 Å². The molecule has 6 atom stereocenters. The summed E-state index contributed by atoms with van der Waals surface area (Å²) >= 11 is 5.87. The number of H-pyrrole nitrogens is 1. The van der Waals surface area contributed by atoms with Crippen LogP contribution in [-0.4, -0.2) is 72.9 Å². The summed E-state index contributed by atoms with van der Waals surface area (Å²) in [5, 5.41) is 25.7. The normalized spacial score (nSPS) is 27.0. The number of aliphatic hydroxyl groups is 2. The zero-order valence-electron chi connectivity index (χ0n) is 23.1. The molecule has 1 aromatic carbocycles. The second-order valence-electron chi connectivity index (χ2n) is 10.5. The van der Waals surface area contributed by atoms with Crippen molar-refractivity contribution >= 4 is 35.6 Å². The van der Waals surface area contributed by atoms with Crippen LogP contribution < -0.4 is 20.9 Å². The molecule has 3 aromatic rings. The van der Waals surface area contributed by atoms with Gasteiger partial charge in [-0.15, -0.1) is 6.42 Å². The van der Waals surface area contributed by atoms with E-state index in [4.69, 9.17) is 42.5 Å². The number of ether oxygens (including phenoxy) is 2. The zero-order chi connectivity index (χ0) is 29.9. The van der Waals surface area contributed by atoms with E-state index in [1.165, 1.54) is 17.3 Å². The zero-order valence-corrected chi connectivity index (χ0v) is 24.8. The number of rotatable bonds is 11. The third-order valence-electron chi connectivity index (χ3n) is 7.31. The standard InChI is InChI=1S/C27H35N6O7PS/c1-3-27(36)22(34)20(39-25(27)33-16-29-21-23(33)30-26(28)31-24(21)35)15-38-41(42,40-19-12-8-5-9-13-19)32-17(2)14-37-18-10-6-4-7-11-18/h1,5,8-9,12-13,16-18,20,22,25,34,36H,4,6-7,10-11,14-15H2,2H3,(H,32,42)(H3,28,30,31,35). The molecule has 6 N–H and O–H groups in total. The van der Waals surface area contributed by atoms with Crippen LogP contribution in [0.1, 0.15) is 45.3 Å². The molecule has 2 aromatic heterocycles. The number of anilines is 1. The van der Waals surface area contributed by atoms with Gasteiger partial charge in [0.15, 0.2) is 23.0 Å². The Morgan fingerprint density at radius 3 is 2.81 bits per heavy atom. The molecule has 0 spiro atoms. The van der Waals surface area contributed by atoms with E-state index in [0.717, 1.165) is 25.7 Å². The Hall–Kier alpha value is -2.86. The number of hydrogen-bond acceptors (Lipinski definition) is 11. The van der Waals surface area contributed by atoms with Gasteiger partial charge in [0.1, 0.15) is 18.0 Å². The largest absolute Gasteiger partial charge is 0.433 e. The van der Waals surface area contributed by atoms with Crippen LogP contribution in [-0.2, 0) is 25.8 Å². The van der Waals surface area contributed by atoms with Gasteiger partial charge in [0, 0.05) is 6.04 Å². The van der Waals surface area contributed by atoms with Crippen molar-refractivity contribution in [3.63, 3.8) is 0 Å². The second-order valence-corrected chi connectivity index (χ2v) is 13.7. The van der Waals surface area contributed by atoms with E-state index in [0.29, 0.717) is 12.4 Å². The molecule has 1 saturated heterocycles. The predicted octanol–water partition coefficient (Wildman–Crippen LogP) is 1.97. The molecule has 1 aliphatic carbocycles. The summed E-state index contributed by atoms with van der Waals surface area (Å²) in [4.78, 5) is 22.8. The molecule has 3 heterocycles. The summed E-state index contributed by atoms with van der Waals surface area (Å²) in [7, 11) is 0. The van der Waals surface area contributed by atoms with Gasteiger partial charge in [-0.3, -0.25) is 14.3 Å². The molecule has 13 nitrogen and oxygen atoms in total. The third kappa shape index (κ3) is 6.54. The first-order valence-electron chi connectivity index (χ1n) is 13.8. The molecule has 15 heteroatoms. The summed E-state index contributed by atoms with van der Waals surface area (Å²) < 4.78 is 25.7. The molecule has 0 amide bonds. The van der Waals surface area contributed by atoms with E-state index in [1.807, 2.05) is 25.1 Å². The molecule has 2 aliphatic rings. The van der Waals surface area contributed by atoms with Crippen LogP contribution in [0.4, 0.5) is 5.95 Å². The maximum Gasteiger partial charge on any atom is 0.313 e. The maximum atomic E-state index is 12.3. The van der Waals surface area contributed by atoms with E-state index >= 15 is 0 Å². The fraction of sp³-hybridized carbons (Fsp3) is 0.519. The highest BCUT2D eigenvalue weighted by Crippen LogP contribution is 2.47. The minimum Gasteiger partial charge on any atom is -0.433 e. The minimum atomic E-state index is -3.24. The number of aromatic nitrogens is 4. The monoisotopic (exact) mass is 618 g/mol. The predicted molar refractivity (Wildman–Crippen MR) is 159 cm³/mol. The van der Waals surface area contributed by atoms with Crippen LogP contribution >= 0.6 is 6.64 Å². The second kappa shape index (κ2) is 12.8. The van der Waals surface area contributed by atoms with E-state index < -0.39 is 36.2 Å². The summed E-state index contributed by atoms with van der Waals surface area (Å²) in [6.07, 6.45) is 8.65. The quantitative estimate of drug-likeness (QED) is 0.156. The maximum absolute atomic E-state index is 12.3. The number of imidazole rings is 1. The molecule has 0 radical (unpaired) electrons. The molecule has 42 heavy (non-hydrogen) atoms. The number of fused-ring (bicyclic) bond motifs is 1. The van der Waals surface area contributed by atoms with Crippen LogP contribution in [0.5, 0.6) is 5.75 Å². The van der Waals surface area contributed by atoms with Gasteiger partial charge in [0.2, 0.25) is 5.95 Å². The Bertz CT molecular complexity index is 1520. The number of nitrogens with one attached hydrogen (secondary N) is 2. The fourth-order valence-corrected chi connectivity index (χ4v) is 7.67. The Morgan fingerprint density at radius 2 is 2.10 bits per heavy atom. The van der Waals surface area contributed by atoms with Gasteiger partial charge < -0.3 is 34.5 Å². The number of para-hydroxylation sites is 1. The topological polar surface area (TPSA) is 179 Å². The Kier molecular flexibility index (Phi) is 9.31. The number of aromatic amines is 1. The van der Waals surface area contributed by atoms with E-state index in [1.54, 1.807) is 12.1 Å². The van der Waals surface area contributed by atoms with Crippen LogP contribution in [0.15, 0.2) is 41.5 Å². The molecule has 0 bridgehead atoms. The van der Waals surface area contributed by atoms with Gasteiger partial charge in [-0.2, -0.15) is 4.98 Å². The molecule has 1 saturated carbocycles. The number of aliphatic hydroxyl groups excluding tert-OH is 1. The van der Waals surface area contributed by atoms with E-state index in [9.17, 15) is 15.0 Å². The summed E-state index contributed by atoms with van der Waals surface area (Å²) in [6.45, 7) is -1.18. The average molecular weight is 619 g/mol. The van der Waals surface area contributed by atoms with Gasteiger partial charge in [0.25, 0.3) is 5.56 Å². The number of terminal acetylenes is 1. The molecular weight excluding hydrogens is 583 g/mol. The number of nitrogen functional groups attached to an aromatic ring is 1. The lowest BCUT2D eigenvalue weighted by Gasteiger charge is -2.30. The Balaban J connectivity index is 1.33. The van der Waals surface area contributed by atoms with Crippen molar-refractivity contribution < 1.29 is 28.7 Å². The van der Waals surface area contributed by atoms with E-state index in [2.05, 4.69) is 26.0 Å². The minimum absolute atomic E-state index is 0.0228. The summed E-state index contributed by atoms with van der Waals surface area (Å²) in [5.41, 5.74) is 2.89. The first-order chi connectivity index (χ1) is 20.1. The SMILES string of the molecule is C#CC1(O)C(O)C(COP(=S)(NC(C)COC2CCCCC2)Oc2ccccc2)OC1n1cnc2c(=O)[nH]c(N)nc21. The van der Waals surface area contributed by atoms with Crippen molar-refractivity contribution in [1.29, 1.82) is 0 Å². The van der Waals surface area contributed by atoms with Gasteiger partial charge in [0.05, 0.1) is 25.6 Å². The summed E-state index contributed by atoms with van der Waals surface area (Å²) in [6, 6.07) is 8.78. The lowest BCUT2D eigenvalue weighted by molar-refractivity contribution is -0.0710. The number of benzene rings is 1. The fourth-order valence-electron chi connectivity index (χ4n) is 5.15. The van der Waals surface area contributed by atoms with Crippen LogP contribution in [0.3, 0.4) is 0 Å². The molecular formula is C27H35N6O7PS. The highest BCUT2D eigenvalue weighted by atomic mass is 32.5. The highest BCUT2D eigenvalue weighted by Gasteiger charge is 2.56. The van der Waals surface area contributed by atoms with Crippen LogP contribution in [0.25, 0.3) is 11.2 Å². The first kappa shape index (κ1) is 30.6. The number of nitrogens with two attached hydrogens (primary N) is 1. The lowest BCUT2D eigenvalue weighted by atomic mass is 9.95. The smallest absolute Gasteiger partial charge is 0.313 e. The van der Waals surface area contributed by atoms with Crippen LogP contribution in [0.2, 0.25) is 0 Å². The molecule has 6 unspecified atom stereocenters. The van der Waals surface area contributed by atoms with E-state index in [-0.39, 0.29) is 35.9 Å². The number of nitrogens with zero attached hydrogens (tertiary/aromatic N) is 3. The first-order valence-corrected chi connectivity index (χ1v) is 16.4. The van der Waals surface area contributed by atoms with Crippen molar-refractivity contribution in [1.82, 2.24) is 24.6 Å². The number of hydrogen-bond donors (Lipinski definition) is 5. The highest BCUT2D eigenvalue weighted by molar-refractivity contribution is 8.09. The van der Waals surface area contributed by atoms with Gasteiger partial charge in [-0.1, -0.05) is 43.4 Å². The average Bonchev–Trinajstić information content (AvgIpc) is 3.50.